The molecule has 18 heavy (non-hydrogen) atoms. The summed E-state index contributed by atoms with van der Waals surface area (Å²) in [4.78, 5) is 14.6. The third-order valence-electron chi connectivity index (χ3n) is 2.10. The Kier molecular flexibility index (Phi) is 17.9. The van der Waals surface area contributed by atoms with Crippen LogP contribution in [0.1, 0.15) is 52.9 Å². The van der Waals surface area contributed by atoms with Crippen LogP contribution in [0.2, 0.25) is 0 Å². The van der Waals surface area contributed by atoms with E-state index in [0.29, 0.717) is 6.61 Å². The fourth-order valence-corrected chi connectivity index (χ4v) is 1.17. The summed E-state index contributed by atoms with van der Waals surface area (Å²) in [7, 11) is 0. The number of aliphatic hydroxyl groups is 1. The SMILES string of the molecule is CC(=O)O.CCCCN(CCCC)OCCCO. The van der Waals surface area contributed by atoms with Gasteiger partial charge in [0.25, 0.3) is 5.97 Å². The largest absolute Gasteiger partial charge is 0.481 e. The number of hydroxylamine groups is 2. The van der Waals surface area contributed by atoms with Gasteiger partial charge in [0.1, 0.15) is 0 Å². The molecule has 0 aliphatic rings. The van der Waals surface area contributed by atoms with Crippen molar-refractivity contribution < 1.29 is 19.8 Å². The van der Waals surface area contributed by atoms with E-state index in [1.807, 2.05) is 5.06 Å². The molecule has 0 fully saturated rings. The van der Waals surface area contributed by atoms with Crippen molar-refractivity contribution in [3.63, 3.8) is 0 Å². The first-order chi connectivity index (χ1) is 8.58. The monoisotopic (exact) mass is 263 g/mol. The van der Waals surface area contributed by atoms with Crippen LogP contribution in [0, 0.1) is 0 Å². The van der Waals surface area contributed by atoms with E-state index in [1.165, 1.54) is 25.7 Å². The van der Waals surface area contributed by atoms with Crippen LogP contribution >= 0.6 is 0 Å². The molecule has 0 atom stereocenters. The standard InChI is InChI=1S/C11H25NO2.C2H4O2/c1-3-5-8-12(9-6-4-2)14-11-7-10-13;1-2(3)4/h13H,3-11H2,1-2H3;1H3,(H,3,4). The highest BCUT2D eigenvalue weighted by Crippen LogP contribution is 2.00. The predicted octanol–water partition coefficient (Wildman–Crippen LogP) is 2.29. The summed E-state index contributed by atoms with van der Waals surface area (Å²) in [5.41, 5.74) is 0. The van der Waals surface area contributed by atoms with Gasteiger partial charge in [-0.25, -0.2) is 0 Å². The molecule has 0 unspecified atom stereocenters. The minimum Gasteiger partial charge on any atom is -0.481 e. The number of carbonyl (C=O) groups is 1. The average Bonchev–Trinajstić information content (AvgIpc) is 2.31. The van der Waals surface area contributed by atoms with Crippen molar-refractivity contribution in [2.75, 3.05) is 26.3 Å². The Morgan fingerprint density at radius 2 is 1.56 bits per heavy atom. The third kappa shape index (κ3) is 20.7. The van der Waals surface area contributed by atoms with E-state index in [2.05, 4.69) is 13.8 Å². The maximum Gasteiger partial charge on any atom is 0.300 e. The number of aliphatic carboxylic acids is 1. The van der Waals surface area contributed by atoms with Gasteiger partial charge in [-0.3, -0.25) is 9.63 Å². The maximum atomic E-state index is 9.00. The summed E-state index contributed by atoms with van der Waals surface area (Å²) in [6.45, 7) is 8.35. The van der Waals surface area contributed by atoms with Crippen LogP contribution in [0.5, 0.6) is 0 Å². The van der Waals surface area contributed by atoms with E-state index in [-0.39, 0.29) is 6.61 Å². The van der Waals surface area contributed by atoms with Gasteiger partial charge in [-0.15, -0.1) is 0 Å². The summed E-state index contributed by atoms with van der Waals surface area (Å²) in [5.74, 6) is -0.833. The number of unbranched alkanes of at least 4 members (excludes halogenated alkanes) is 2. The summed E-state index contributed by atoms with van der Waals surface area (Å²) < 4.78 is 0. The number of rotatable bonds is 10. The third-order valence-corrected chi connectivity index (χ3v) is 2.10. The Labute approximate surface area is 111 Å². The van der Waals surface area contributed by atoms with Crippen LogP contribution in [-0.4, -0.2) is 47.5 Å². The summed E-state index contributed by atoms with van der Waals surface area (Å²) in [6, 6.07) is 0. The zero-order valence-corrected chi connectivity index (χ0v) is 12.0. The molecule has 5 heteroatoms. The van der Waals surface area contributed by atoms with Crippen molar-refractivity contribution in [1.29, 1.82) is 0 Å². The van der Waals surface area contributed by atoms with E-state index in [4.69, 9.17) is 19.8 Å². The molecule has 0 spiro atoms. The summed E-state index contributed by atoms with van der Waals surface area (Å²) in [6.07, 6.45) is 5.50. The molecule has 5 nitrogen and oxygen atoms in total. The highest BCUT2D eigenvalue weighted by molar-refractivity contribution is 5.62. The first-order valence-electron chi connectivity index (χ1n) is 6.76. The van der Waals surface area contributed by atoms with Gasteiger partial charge in [-0.2, -0.15) is 5.06 Å². The molecule has 0 rings (SSSR count). The molecule has 0 bridgehead atoms. The normalized spacial score (nSPS) is 10.1. The Morgan fingerprint density at radius 3 is 1.89 bits per heavy atom. The van der Waals surface area contributed by atoms with E-state index in [0.717, 1.165) is 26.4 Å². The van der Waals surface area contributed by atoms with Gasteiger partial charge in [0.2, 0.25) is 0 Å². The lowest BCUT2D eigenvalue weighted by molar-refractivity contribution is -0.162. The summed E-state index contributed by atoms with van der Waals surface area (Å²) >= 11 is 0. The molecule has 0 aliphatic carbocycles. The van der Waals surface area contributed by atoms with Crippen molar-refractivity contribution >= 4 is 5.97 Å². The second-order valence-electron chi connectivity index (χ2n) is 4.07. The fourth-order valence-electron chi connectivity index (χ4n) is 1.17. The van der Waals surface area contributed by atoms with Crippen LogP contribution in [0.4, 0.5) is 0 Å². The second-order valence-corrected chi connectivity index (χ2v) is 4.07. The number of carboxylic acid groups (broad SMARTS) is 1. The molecular weight excluding hydrogens is 234 g/mol. The zero-order chi connectivity index (χ0) is 14.2. The molecule has 0 radical (unpaired) electrons. The number of carboxylic acids is 1. The van der Waals surface area contributed by atoms with Crippen LogP contribution < -0.4 is 0 Å². The van der Waals surface area contributed by atoms with E-state index >= 15 is 0 Å². The Morgan fingerprint density at radius 1 is 1.11 bits per heavy atom. The van der Waals surface area contributed by atoms with Crippen molar-refractivity contribution in [2.45, 2.75) is 52.9 Å². The zero-order valence-electron chi connectivity index (χ0n) is 12.0. The van der Waals surface area contributed by atoms with Crippen LogP contribution in [0.3, 0.4) is 0 Å². The van der Waals surface area contributed by atoms with Gasteiger partial charge < -0.3 is 10.2 Å². The van der Waals surface area contributed by atoms with Crippen LogP contribution in [0.15, 0.2) is 0 Å². The van der Waals surface area contributed by atoms with E-state index in [9.17, 15) is 0 Å². The summed E-state index contributed by atoms with van der Waals surface area (Å²) in [5, 5.41) is 18.1. The molecule has 0 aromatic rings. The van der Waals surface area contributed by atoms with Crippen molar-refractivity contribution in [1.82, 2.24) is 5.06 Å². The lowest BCUT2D eigenvalue weighted by Gasteiger charge is -2.21. The Hall–Kier alpha value is -0.650. The highest BCUT2D eigenvalue weighted by atomic mass is 16.7. The number of aliphatic hydroxyl groups excluding tert-OH is 1. The minimum atomic E-state index is -0.833. The molecule has 0 aromatic heterocycles. The lowest BCUT2D eigenvalue weighted by Crippen LogP contribution is -2.27. The molecule has 0 aromatic carbocycles. The Balaban J connectivity index is 0. The van der Waals surface area contributed by atoms with Crippen molar-refractivity contribution in [2.24, 2.45) is 0 Å². The predicted molar refractivity (Wildman–Crippen MR) is 72.4 cm³/mol. The lowest BCUT2D eigenvalue weighted by atomic mass is 10.3. The number of hydrogen-bond donors (Lipinski definition) is 2. The first-order valence-corrected chi connectivity index (χ1v) is 6.76. The van der Waals surface area contributed by atoms with Gasteiger partial charge in [-0.1, -0.05) is 26.7 Å². The fraction of sp³-hybridized carbons (Fsp3) is 0.923. The topological polar surface area (TPSA) is 70.0 Å². The van der Waals surface area contributed by atoms with Gasteiger partial charge >= 0.3 is 0 Å². The second kappa shape index (κ2) is 16.4. The molecule has 0 saturated carbocycles. The van der Waals surface area contributed by atoms with Crippen LogP contribution in [0.25, 0.3) is 0 Å². The highest BCUT2D eigenvalue weighted by Gasteiger charge is 2.03. The quantitative estimate of drug-likeness (QED) is 0.467. The van der Waals surface area contributed by atoms with Crippen molar-refractivity contribution in [3.8, 4) is 0 Å². The van der Waals surface area contributed by atoms with Crippen molar-refractivity contribution in [3.05, 3.63) is 0 Å². The molecule has 110 valence electrons. The molecule has 2 N–H and O–H groups in total. The number of hydrogen-bond acceptors (Lipinski definition) is 4. The Bertz CT molecular complexity index is 164. The van der Waals surface area contributed by atoms with E-state index in [1.54, 1.807) is 0 Å². The molecule has 0 aliphatic heterocycles. The van der Waals surface area contributed by atoms with Gasteiger partial charge in [0.15, 0.2) is 0 Å². The maximum absolute atomic E-state index is 9.00. The van der Waals surface area contributed by atoms with Crippen LogP contribution in [-0.2, 0) is 9.63 Å². The molecule has 0 heterocycles. The van der Waals surface area contributed by atoms with E-state index < -0.39 is 5.97 Å². The molecular formula is C13H29NO4. The minimum absolute atomic E-state index is 0.218. The smallest absolute Gasteiger partial charge is 0.300 e. The van der Waals surface area contributed by atoms with Gasteiger partial charge in [-0.05, 0) is 19.3 Å². The molecule has 0 amide bonds. The number of nitrogens with zero attached hydrogens (tertiary/aromatic N) is 1. The molecule has 0 saturated heterocycles. The van der Waals surface area contributed by atoms with Gasteiger partial charge in [0.05, 0.1) is 6.61 Å². The van der Waals surface area contributed by atoms with Gasteiger partial charge in [0, 0.05) is 26.6 Å². The average molecular weight is 263 g/mol. The first kappa shape index (κ1) is 19.7.